The van der Waals surface area contributed by atoms with Crippen molar-refractivity contribution in [2.75, 3.05) is 19.7 Å². The maximum Gasteiger partial charge on any atom is 0.127 e. The van der Waals surface area contributed by atoms with Crippen molar-refractivity contribution in [2.45, 2.75) is 38.3 Å². The van der Waals surface area contributed by atoms with E-state index in [0.717, 1.165) is 37.8 Å². The molecule has 2 N–H and O–H groups in total. The van der Waals surface area contributed by atoms with Gasteiger partial charge >= 0.3 is 0 Å². The quantitative estimate of drug-likeness (QED) is 0.845. The Hall–Kier alpha value is -0.290. The number of nitrogens with two attached hydrogens (primary N) is 1. The first kappa shape index (κ1) is 16.6. The molecule has 0 amide bonds. The van der Waals surface area contributed by atoms with E-state index in [0.29, 0.717) is 12.0 Å². The summed E-state index contributed by atoms with van der Waals surface area (Å²) in [6, 6.07) is 4.84. The molecular weight excluding hydrogens is 364 g/mol. The van der Waals surface area contributed by atoms with Gasteiger partial charge in [0, 0.05) is 42.1 Å². The fraction of sp³-hybridized carbons (Fsp3) is 0.647. The van der Waals surface area contributed by atoms with E-state index in [2.05, 4.69) is 33.0 Å². The van der Waals surface area contributed by atoms with Crippen molar-refractivity contribution >= 4 is 28.3 Å². The molecule has 22 heavy (non-hydrogen) atoms. The van der Waals surface area contributed by atoms with Crippen LogP contribution in [-0.2, 0) is 13.0 Å². The summed E-state index contributed by atoms with van der Waals surface area (Å²) in [6.07, 6.45) is 4.93. The molecule has 2 fully saturated rings. The van der Waals surface area contributed by atoms with E-state index in [4.69, 9.17) is 10.5 Å². The number of rotatable bonds is 2. The monoisotopic (exact) mass is 386 g/mol. The average Bonchev–Trinajstić information content (AvgIpc) is 3.05. The van der Waals surface area contributed by atoms with Crippen molar-refractivity contribution in [3.05, 3.63) is 27.7 Å². The Morgan fingerprint density at radius 3 is 2.95 bits per heavy atom. The third kappa shape index (κ3) is 3.03. The molecule has 1 aromatic rings. The molecule has 3 unspecified atom stereocenters. The van der Waals surface area contributed by atoms with E-state index < -0.39 is 0 Å². The van der Waals surface area contributed by atoms with Crippen LogP contribution in [0.2, 0.25) is 0 Å². The molecule has 0 spiro atoms. The lowest BCUT2D eigenvalue weighted by Crippen LogP contribution is -2.38. The molecule has 3 atom stereocenters. The first-order valence-electron chi connectivity index (χ1n) is 8.13. The second-order valence-corrected chi connectivity index (χ2v) is 7.78. The topological polar surface area (TPSA) is 38.5 Å². The minimum absolute atomic E-state index is 0. The highest BCUT2D eigenvalue weighted by Crippen LogP contribution is 2.38. The maximum absolute atomic E-state index is 6.33. The van der Waals surface area contributed by atoms with Crippen LogP contribution in [0.5, 0.6) is 5.75 Å². The third-order valence-corrected chi connectivity index (χ3v) is 5.91. The van der Waals surface area contributed by atoms with Gasteiger partial charge < -0.3 is 10.5 Å². The second-order valence-electron chi connectivity index (χ2n) is 6.86. The molecule has 2 heterocycles. The normalized spacial score (nSPS) is 30.4. The summed E-state index contributed by atoms with van der Waals surface area (Å²) < 4.78 is 7.04. The lowest BCUT2D eigenvalue weighted by atomic mass is 9.78. The van der Waals surface area contributed by atoms with Gasteiger partial charge in [-0.2, -0.15) is 0 Å². The molecule has 0 radical (unpaired) electrons. The van der Waals surface area contributed by atoms with Crippen LogP contribution in [0.15, 0.2) is 16.6 Å². The van der Waals surface area contributed by atoms with Crippen LogP contribution in [0.3, 0.4) is 0 Å². The first-order chi connectivity index (χ1) is 10.2. The van der Waals surface area contributed by atoms with Gasteiger partial charge in [-0.05, 0) is 42.4 Å². The Morgan fingerprint density at radius 1 is 1.27 bits per heavy atom. The molecular formula is C17H24BrClN2O. The Kier molecular flexibility index (Phi) is 5.03. The minimum atomic E-state index is 0. The Balaban J connectivity index is 0.00000144. The molecule has 1 aromatic carbocycles. The molecule has 0 aromatic heterocycles. The highest BCUT2D eigenvalue weighted by molar-refractivity contribution is 9.10. The highest BCUT2D eigenvalue weighted by atomic mass is 79.9. The fourth-order valence-corrected chi connectivity index (χ4v) is 5.00. The standard InChI is InChI=1S/C17H23BrN2O.ClH/c18-14-6-11-4-5-21-17(11)13(7-14)9-20-8-12-2-1-3-16(19)15(12)10-20;/h6-7,12,15-16H,1-5,8-10,19H2;1H. The van der Waals surface area contributed by atoms with Crippen LogP contribution in [0, 0.1) is 11.8 Å². The zero-order chi connectivity index (χ0) is 14.4. The van der Waals surface area contributed by atoms with Crippen LogP contribution < -0.4 is 10.5 Å². The zero-order valence-electron chi connectivity index (χ0n) is 12.8. The Labute approximate surface area is 147 Å². The zero-order valence-corrected chi connectivity index (χ0v) is 15.2. The van der Waals surface area contributed by atoms with Gasteiger partial charge in [0.2, 0.25) is 0 Å². The number of benzene rings is 1. The van der Waals surface area contributed by atoms with E-state index in [9.17, 15) is 0 Å². The molecule has 122 valence electrons. The molecule has 1 aliphatic carbocycles. The van der Waals surface area contributed by atoms with Crippen molar-refractivity contribution in [3.8, 4) is 5.75 Å². The van der Waals surface area contributed by atoms with Crippen molar-refractivity contribution in [3.63, 3.8) is 0 Å². The molecule has 0 bridgehead atoms. The van der Waals surface area contributed by atoms with Crippen LogP contribution in [-0.4, -0.2) is 30.6 Å². The summed E-state index contributed by atoms with van der Waals surface area (Å²) in [5.41, 5.74) is 9.02. The maximum atomic E-state index is 6.33. The van der Waals surface area contributed by atoms with Gasteiger partial charge in [-0.3, -0.25) is 4.90 Å². The summed E-state index contributed by atoms with van der Waals surface area (Å²) in [7, 11) is 0. The molecule has 3 nitrogen and oxygen atoms in total. The lowest BCUT2D eigenvalue weighted by Gasteiger charge is -2.29. The first-order valence-corrected chi connectivity index (χ1v) is 8.92. The number of ether oxygens (including phenoxy) is 1. The van der Waals surface area contributed by atoms with E-state index >= 15 is 0 Å². The minimum Gasteiger partial charge on any atom is -0.493 e. The van der Waals surface area contributed by atoms with Gasteiger partial charge in [-0.1, -0.05) is 22.4 Å². The van der Waals surface area contributed by atoms with Crippen LogP contribution >= 0.6 is 28.3 Å². The van der Waals surface area contributed by atoms with Gasteiger partial charge in [-0.25, -0.2) is 0 Å². The Bertz CT molecular complexity index is 554. The van der Waals surface area contributed by atoms with Gasteiger partial charge in [0.1, 0.15) is 5.75 Å². The summed E-state index contributed by atoms with van der Waals surface area (Å²) in [5.74, 6) is 2.66. The van der Waals surface area contributed by atoms with Crippen molar-refractivity contribution in [1.82, 2.24) is 4.90 Å². The number of likely N-dealkylation sites (tertiary alicyclic amines) is 1. The van der Waals surface area contributed by atoms with Gasteiger partial charge in [-0.15, -0.1) is 12.4 Å². The van der Waals surface area contributed by atoms with Crippen LogP contribution in [0.1, 0.15) is 30.4 Å². The molecule has 2 aliphatic heterocycles. The summed E-state index contributed by atoms with van der Waals surface area (Å²) in [6.45, 7) is 4.20. The third-order valence-electron chi connectivity index (χ3n) is 5.45. The number of hydrogen-bond donors (Lipinski definition) is 1. The second kappa shape index (κ2) is 6.68. The van der Waals surface area contributed by atoms with Gasteiger partial charge in [0.15, 0.2) is 0 Å². The van der Waals surface area contributed by atoms with Crippen LogP contribution in [0.4, 0.5) is 0 Å². The van der Waals surface area contributed by atoms with Gasteiger partial charge in [0.25, 0.3) is 0 Å². The summed E-state index contributed by atoms with van der Waals surface area (Å²) in [4.78, 5) is 2.59. The van der Waals surface area contributed by atoms with Crippen molar-refractivity contribution < 1.29 is 4.74 Å². The number of fused-ring (bicyclic) bond motifs is 2. The van der Waals surface area contributed by atoms with Gasteiger partial charge in [0.05, 0.1) is 6.61 Å². The van der Waals surface area contributed by atoms with E-state index in [1.807, 2.05) is 0 Å². The largest absolute Gasteiger partial charge is 0.493 e. The highest BCUT2D eigenvalue weighted by Gasteiger charge is 2.38. The molecule has 1 saturated heterocycles. The van der Waals surface area contributed by atoms with E-state index in [1.165, 1.54) is 41.4 Å². The van der Waals surface area contributed by atoms with Crippen molar-refractivity contribution in [2.24, 2.45) is 17.6 Å². The number of nitrogens with zero attached hydrogens (tertiary/aromatic N) is 1. The predicted molar refractivity (Wildman–Crippen MR) is 94.7 cm³/mol. The fourth-order valence-electron chi connectivity index (χ4n) is 4.44. The molecule has 3 aliphatic rings. The summed E-state index contributed by atoms with van der Waals surface area (Å²) >= 11 is 3.64. The molecule has 4 rings (SSSR count). The summed E-state index contributed by atoms with van der Waals surface area (Å²) in [5, 5.41) is 0. The number of halogens is 2. The van der Waals surface area contributed by atoms with Crippen LogP contribution in [0.25, 0.3) is 0 Å². The number of hydrogen-bond acceptors (Lipinski definition) is 3. The van der Waals surface area contributed by atoms with E-state index in [1.54, 1.807) is 0 Å². The SMILES string of the molecule is Cl.NC1CCCC2CN(Cc3cc(Br)cc4c3OCC4)CC12. The van der Waals surface area contributed by atoms with E-state index in [-0.39, 0.29) is 12.4 Å². The smallest absolute Gasteiger partial charge is 0.127 e. The predicted octanol–water partition coefficient (Wildman–Crippen LogP) is 3.37. The average molecular weight is 388 g/mol. The molecule has 5 heteroatoms. The van der Waals surface area contributed by atoms with Crippen molar-refractivity contribution in [1.29, 1.82) is 0 Å². The Morgan fingerprint density at radius 2 is 2.14 bits per heavy atom. The molecule has 1 saturated carbocycles. The lowest BCUT2D eigenvalue weighted by molar-refractivity contribution is 0.259.